The standard InChI is InChI=1S/C15H22N2O3S/c1-17(13-9-10-21(19,20)11-13)15(18)8-7-14(16)12-5-3-2-4-6-12/h2-6,13-14H,7-11,16H2,1H3. The molecular weight excluding hydrogens is 288 g/mol. The molecule has 1 aliphatic rings. The van der Waals surface area contributed by atoms with Crippen LogP contribution in [0.3, 0.4) is 0 Å². The Kier molecular flexibility index (Phi) is 5.00. The van der Waals surface area contributed by atoms with Gasteiger partial charge in [0.2, 0.25) is 5.91 Å². The van der Waals surface area contributed by atoms with Crippen molar-refractivity contribution >= 4 is 15.7 Å². The predicted octanol–water partition coefficient (Wildman–Crippen LogP) is 1.11. The van der Waals surface area contributed by atoms with Crippen LogP contribution >= 0.6 is 0 Å². The summed E-state index contributed by atoms with van der Waals surface area (Å²) in [6, 6.07) is 9.31. The number of carbonyl (C=O) groups is 1. The number of amides is 1. The quantitative estimate of drug-likeness (QED) is 0.883. The highest BCUT2D eigenvalue weighted by Crippen LogP contribution is 2.20. The van der Waals surface area contributed by atoms with Gasteiger partial charge in [0.15, 0.2) is 9.84 Å². The summed E-state index contributed by atoms with van der Waals surface area (Å²) in [4.78, 5) is 13.7. The molecule has 0 aliphatic carbocycles. The van der Waals surface area contributed by atoms with Gasteiger partial charge in [-0.1, -0.05) is 30.3 Å². The third kappa shape index (κ3) is 4.28. The van der Waals surface area contributed by atoms with Crippen molar-refractivity contribution in [1.29, 1.82) is 0 Å². The minimum atomic E-state index is -2.97. The molecule has 2 atom stereocenters. The van der Waals surface area contributed by atoms with Crippen LogP contribution in [0.25, 0.3) is 0 Å². The van der Waals surface area contributed by atoms with Gasteiger partial charge in [0.25, 0.3) is 0 Å². The molecule has 1 amide bonds. The molecule has 6 heteroatoms. The molecule has 0 aromatic heterocycles. The van der Waals surface area contributed by atoms with Gasteiger partial charge in [-0.3, -0.25) is 4.79 Å². The molecule has 116 valence electrons. The summed E-state index contributed by atoms with van der Waals surface area (Å²) in [6.45, 7) is 0. The van der Waals surface area contributed by atoms with Crippen molar-refractivity contribution in [3.8, 4) is 0 Å². The smallest absolute Gasteiger partial charge is 0.222 e. The zero-order valence-electron chi connectivity index (χ0n) is 12.2. The lowest BCUT2D eigenvalue weighted by Gasteiger charge is -2.24. The SMILES string of the molecule is CN(C(=O)CCC(N)c1ccccc1)C1CCS(=O)(=O)C1. The summed E-state index contributed by atoms with van der Waals surface area (Å²) < 4.78 is 22.9. The minimum Gasteiger partial charge on any atom is -0.342 e. The molecule has 2 rings (SSSR count). The number of nitrogens with two attached hydrogens (primary N) is 1. The molecular formula is C15H22N2O3S. The third-order valence-electron chi connectivity index (χ3n) is 4.05. The van der Waals surface area contributed by atoms with Crippen molar-refractivity contribution in [2.24, 2.45) is 5.73 Å². The second-order valence-electron chi connectivity index (χ2n) is 5.62. The highest BCUT2D eigenvalue weighted by molar-refractivity contribution is 7.91. The number of rotatable bonds is 5. The van der Waals surface area contributed by atoms with E-state index in [1.54, 1.807) is 11.9 Å². The number of benzene rings is 1. The Morgan fingerprint density at radius 3 is 2.62 bits per heavy atom. The van der Waals surface area contributed by atoms with Crippen molar-refractivity contribution < 1.29 is 13.2 Å². The van der Waals surface area contributed by atoms with Crippen molar-refractivity contribution in [3.63, 3.8) is 0 Å². The lowest BCUT2D eigenvalue weighted by molar-refractivity contribution is -0.131. The number of sulfone groups is 1. The fourth-order valence-electron chi connectivity index (χ4n) is 2.61. The van der Waals surface area contributed by atoms with Crippen molar-refractivity contribution in [2.45, 2.75) is 31.3 Å². The molecule has 1 aromatic rings. The Hall–Kier alpha value is -1.40. The van der Waals surface area contributed by atoms with E-state index >= 15 is 0 Å². The molecule has 0 bridgehead atoms. The number of nitrogens with zero attached hydrogens (tertiary/aromatic N) is 1. The van der Waals surface area contributed by atoms with Crippen LogP contribution in [-0.4, -0.2) is 43.8 Å². The average molecular weight is 310 g/mol. The van der Waals surface area contributed by atoms with E-state index in [9.17, 15) is 13.2 Å². The van der Waals surface area contributed by atoms with Gasteiger partial charge < -0.3 is 10.6 Å². The molecule has 2 unspecified atom stereocenters. The van der Waals surface area contributed by atoms with E-state index in [2.05, 4.69) is 0 Å². The van der Waals surface area contributed by atoms with Gasteiger partial charge in [0.1, 0.15) is 0 Å². The highest BCUT2D eigenvalue weighted by Gasteiger charge is 2.32. The second-order valence-corrected chi connectivity index (χ2v) is 7.85. The van der Waals surface area contributed by atoms with Crippen molar-refractivity contribution in [3.05, 3.63) is 35.9 Å². The Labute approximate surface area is 126 Å². The van der Waals surface area contributed by atoms with Gasteiger partial charge in [-0.15, -0.1) is 0 Å². The summed E-state index contributed by atoms with van der Waals surface area (Å²) in [5, 5.41) is 0. The van der Waals surface area contributed by atoms with Gasteiger partial charge in [0.05, 0.1) is 11.5 Å². The fourth-order valence-corrected chi connectivity index (χ4v) is 4.38. The highest BCUT2D eigenvalue weighted by atomic mass is 32.2. The molecule has 5 nitrogen and oxygen atoms in total. The van der Waals surface area contributed by atoms with Crippen LogP contribution < -0.4 is 5.73 Å². The van der Waals surface area contributed by atoms with Crippen LogP contribution in [0.1, 0.15) is 30.9 Å². The first-order valence-corrected chi connectivity index (χ1v) is 8.98. The Balaban J connectivity index is 1.84. The van der Waals surface area contributed by atoms with Gasteiger partial charge >= 0.3 is 0 Å². The largest absolute Gasteiger partial charge is 0.342 e. The van der Waals surface area contributed by atoms with Crippen LogP contribution in [0.2, 0.25) is 0 Å². The second kappa shape index (κ2) is 6.58. The third-order valence-corrected chi connectivity index (χ3v) is 5.80. The first-order chi connectivity index (χ1) is 9.89. The van der Waals surface area contributed by atoms with E-state index in [4.69, 9.17) is 5.73 Å². The molecule has 2 N–H and O–H groups in total. The molecule has 1 heterocycles. The van der Waals surface area contributed by atoms with E-state index in [-0.39, 0.29) is 29.5 Å². The van der Waals surface area contributed by atoms with Gasteiger partial charge in [-0.2, -0.15) is 0 Å². The van der Waals surface area contributed by atoms with Gasteiger partial charge in [0, 0.05) is 25.6 Å². The van der Waals surface area contributed by atoms with E-state index in [1.165, 1.54) is 0 Å². The zero-order valence-corrected chi connectivity index (χ0v) is 13.1. The predicted molar refractivity (Wildman–Crippen MR) is 82.4 cm³/mol. The Morgan fingerprint density at radius 1 is 1.38 bits per heavy atom. The normalized spacial score (nSPS) is 21.9. The minimum absolute atomic E-state index is 0.0384. The number of hydrogen-bond donors (Lipinski definition) is 1. The van der Waals surface area contributed by atoms with E-state index < -0.39 is 9.84 Å². The van der Waals surface area contributed by atoms with Gasteiger partial charge in [-0.05, 0) is 18.4 Å². The summed E-state index contributed by atoms with van der Waals surface area (Å²) >= 11 is 0. The maximum atomic E-state index is 12.2. The number of hydrogen-bond acceptors (Lipinski definition) is 4. The lowest BCUT2D eigenvalue weighted by Crippen LogP contribution is -2.38. The van der Waals surface area contributed by atoms with E-state index in [0.29, 0.717) is 19.3 Å². The molecule has 0 spiro atoms. The molecule has 0 saturated carbocycles. The van der Waals surface area contributed by atoms with Crippen molar-refractivity contribution in [1.82, 2.24) is 4.90 Å². The maximum absolute atomic E-state index is 12.2. The monoisotopic (exact) mass is 310 g/mol. The fraction of sp³-hybridized carbons (Fsp3) is 0.533. The summed E-state index contributed by atoms with van der Waals surface area (Å²) in [5.74, 6) is 0.224. The first-order valence-electron chi connectivity index (χ1n) is 7.15. The van der Waals surface area contributed by atoms with Crippen LogP contribution in [0.5, 0.6) is 0 Å². The number of carbonyl (C=O) groups excluding carboxylic acids is 1. The topological polar surface area (TPSA) is 80.5 Å². The molecule has 1 aromatic carbocycles. The molecule has 21 heavy (non-hydrogen) atoms. The molecule has 1 fully saturated rings. The van der Waals surface area contributed by atoms with Crippen LogP contribution in [0, 0.1) is 0 Å². The van der Waals surface area contributed by atoms with Crippen LogP contribution in [-0.2, 0) is 14.6 Å². The van der Waals surface area contributed by atoms with E-state index in [1.807, 2.05) is 30.3 Å². The summed E-state index contributed by atoms with van der Waals surface area (Å²) in [7, 11) is -1.28. The van der Waals surface area contributed by atoms with Gasteiger partial charge in [-0.25, -0.2) is 8.42 Å². The lowest BCUT2D eigenvalue weighted by atomic mass is 10.0. The van der Waals surface area contributed by atoms with Crippen LogP contribution in [0.4, 0.5) is 0 Å². The Bertz CT molecular complexity index is 586. The molecule has 1 saturated heterocycles. The van der Waals surface area contributed by atoms with E-state index in [0.717, 1.165) is 5.56 Å². The Morgan fingerprint density at radius 2 is 2.05 bits per heavy atom. The summed E-state index contributed by atoms with van der Waals surface area (Å²) in [6.07, 6.45) is 1.44. The van der Waals surface area contributed by atoms with Crippen molar-refractivity contribution in [2.75, 3.05) is 18.6 Å². The zero-order chi connectivity index (χ0) is 15.5. The first kappa shape index (κ1) is 16.0. The van der Waals surface area contributed by atoms with Crippen LogP contribution in [0.15, 0.2) is 30.3 Å². The summed E-state index contributed by atoms with van der Waals surface area (Å²) in [5.41, 5.74) is 7.08. The average Bonchev–Trinajstić information content (AvgIpc) is 2.84. The molecule has 0 radical (unpaired) electrons. The maximum Gasteiger partial charge on any atom is 0.222 e. The molecule has 1 aliphatic heterocycles.